The third-order valence-electron chi connectivity index (χ3n) is 2.57. The molecule has 0 aromatic carbocycles. The Balaban J connectivity index is 2.35. The Morgan fingerprint density at radius 3 is 2.94 bits per heavy atom. The van der Waals surface area contributed by atoms with Gasteiger partial charge in [-0.1, -0.05) is 6.92 Å². The molecule has 0 spiro atoms. The number of rotatable bonds is 4. The highest BCUT2D eigenvalue weighted by atomic mass is 16.5. The quantitative estimate of drug-likeness (QED) is 0.727. The fraction of sp³-hybridized carbons (Fsp3) is 0.800. The first-order chi connectivity index (χ1) is 7.65. The van der Waals surface area contributed by atoms with Gasteiger partial charge in [0.15, 0.2) is 0 Å². The van der Waals surface area contributed by atoms with Gasteiger partial charge in [-0.15, -0.1) is 0 Å². The highest BCUT2D eigenvalue weighted by Gasteiger charge is 2.25. The molecule has 16 heavy (non-hydrogen) atoms. The molecule has 0 saturated carbocycles. The third kappa shape index (κ3) is 3.69. The highest BCUT2D eigenvalue weighted by molar-refractivity contribution is 5.75. The third-order valence-corrected chi connectivity index (χ3v) is 2.57. The summed E-state index contributed by atoms with van der Waals surface area (Å²) in [4.78, 5) is 23.7. The molecule has 6 heteroatoms. The van der Waals surface area contributed by atoms with Crippen molar-refractivity contribution in [1.29, 1.82) is 0 Å². The molecule has 6 nitrogen and oxygen atoms in total. The molecular formula is C10H18N2O4. The summed E-state index contributed by atoms with van der Waals surface area (Å²) in [6.07, 6.45) is 0.791. The number of ether oxygens (including phenoxy) is 1. The summed E-state index contributed by atoms with van der Waals surface area (Å²) in [5.74, 6) is -0.908. The smallest absolute Gasteiger partial charge is 0.317 e. The van der Waals surface area contributed by atoms with Crippen molar-refractivity contribution >= 4 is 12.0 Å². The number of amides is 2. The van der Waals surface area contributed by atoms with Crippen LogP contribution in [-0.2, 0) is 9.53 Å². The molecule has 1 unspecified atom stereocenters. The molecule has 0 radical (unpaired) electrons. The fourth-order valence-electron chi connectivity index (χ4n) is 1.64. The molecule has 1 heterocycles. The lowest BCUT2D eigenvalue weighted by molar-refractivity contribution is -0.136. The van der Waals surface area contributed by atoms with E-state index in [-0.39, 0.29) is 25.0 Å². The molecule has 0 aliphatic carbocycles. The van der Waals surface area contributed by atoms with Crippen LogP contribution in [0.3, 0.4) is 0 Å². The predicted molar refractivity (Wildman–Crippen MR) is 57.3 cm³/mol. The number of hydrogen-bond donors (Lipinski definition) is 2. The molecule has 1 atom stereocenters. The van der Waals surface area contributed by atoms with Crippen LogP contribution in [0.15, 0.2) is 0 Å². The van der Waals surface area contributed by atoms with Crippen molar-refractivity contribution in [3.63, 3.8) is 0 Å². The van der Waals surface area contributed by atoms with Gasteiger partial charge in [-0.2, -0.15) is 0 Å². The first-order valence-electron chi connectivity index (χ1n) is 5.49. The Hall–Kier alpha value is -1.30. The Labute approximate surface area is 94.6 Å². The van der Waals surface area contributed by atoms with Crippen LogP contribution < -0.4 is 5.32 Å². The van der Waals surface area contributed by atoms with Crippen molar-refractivity contribution in [2.75, 3.05) is 26.3 Å². The maximum Gasteiger partial charge on any atom is 0.317 e. The topological polar surface area (TPSA) is 78.9 Å². The van der Waals surface area contributed by atoms with Crippen LogP contribution in [0, 0.1) is 0 Å². The van der Waals surface area contributed by atoms with Crippen LogP contribution in [-0.4, -0.2) is 54.4 Å². The van der Waals surface area contributed by atoms with Gasteiger partial charge in [-0.25, -0.2) is 4.79 Å². The van der Waals surface area contributed by atoms with E-state index in [0.29, 0.717) is 19.8 Å². The van der Waals surface area contributed by atoms with Gasteiger partial charge in [-0.3, -0.25) is 4.79 Å². The number of hydrogen-bond acceptors (Lipinski definition) is 3. The van der Waals surface area contributed by atoms with Gasteiger partial charge in [-0.05, 0) is 6.42 Å². The van der Waals surface area contributed by atoms with Crippen molar-refractivity contribution in [3.05, 3.63) is 0 Å². The first kappa shape index (κ1) is 12.8. The second kappa shape index (κ2) is 6.32. The average Bonchev–Trinajstić information content (AvgIpc) is 2.28. The van der Waals surface area contributed by atoms with Gasteiger partial charge < -0.3 is 20.1 Å². The van der Waals surface area contributed by atoms with Crippen LogP contribution in [0.4, 0.5) is 4.79 Å². The SMILES string of the molecule is CCC1COCCN1C(=O)NCCC(=O)O. The Morgan fingerprint density at radius 2 is 2.31 bits per heavy atom. The lowest BCUT2D eigenvalue weighted by Crippen LogP contribution is -2.52. The normalized spacial score (nSPS) is 20.6. The Kier molecular flexibility index (Phi) is 5.04. The zero-order valence-electron chi connectivity index (χ0n) is 9.44. The summed E-state index contributed by atoms with van der Waals surface area (Å²) in [5.41, 5.74) is 0. The van der Waals surface area contributed by atoms with E-state index in [1.165, 1.54) is 0 Å². The molecular weight excluding hydrogens is 212 g/mol. The van der Waals surface area contributed by atoms with Gasteiger partial charge in [0.2, 0.25) is 0 Å². The molecule has 1 aliphatic heterocycles. The number of nitrogens with one attached hydrogen (secondary N) is 1. The van der Waals surface area contributed by atoms with Gasteiger partial charge in [0.05, 0.1) is 25.7 Å². The molecule has 1 fully saturated rings. The number of aliphatic carboxylic acids is 1. The number of nitrogens with zero attached hydrogens (tertiary/aromatic N) is 1. The number of carbonyl (C=O) groups excluding carboxylic acids is 1. The minimum atomic E-state index is -0.908. The molecule has 0 bridgehead atoms. The van der Waals surface area contributed by atoms with Crippen molar-refractivity contribution in [2.45, 2.75) is 25.8 Å². The van der Waals surface area contributed by atoms with E-state index in [0.717, 1.165) is 6.42 Å². The monoisotopic (exact) mass is 230 g/mol. The summed E-state index contributed by atoms with van der Waals surface area (Å²) in [5, 5.41) is 11.0. The maximum atomic E-state index is 11.7. The summed E-state index contributed by atoms with van der Waals surface area (Å²) >= 11 is 0. The molecule has 2 N–H and O–H groups in total. The number of carbonyl (C=O) groups is 2. The van der Waals surface area contributed by atoms with E-state index in [9.17, 15) is 9.59 Å². The minimum Gasteiger partial charge on any atom is -0.481 e. The second-order valence-electron chi connectivity index (χ2n) is 3.71. The molecule has 0 aromatic rings. The molecule has 1 rings (SSSR count). The van der Waals surface area contributed by atoms with Gasteiger partial charge in [0.1, 0.15) is 0 Å². The molecule has 1 aliphatic rings. The standard InChI is InChI=1S/C10H18N2O4/c1-2-8-7-16-6-5-12(8)10(15)11-4-3-9(13)14/h8H,2-7H2,1H3,(H,11,15)(H,13,14). The van der Waals surface area contributed by atoms with Crippen LogP contribution in [0.5, 0.6) is 0 Å². The molecule has 0 aromatic heterocycles. The summed E-state index contributed by atoms with van der Waals surface area (Å²) in [6.45, 7) is 3.84. The number of morpholine rings is 1. The largest absolute Gasteiger partial charge is 0.481 e. The summed E-state index contributed by atoms with van der Waals surface area (Å²) in [6, 6.07) is -0.102. The van der Waals surface area contributed by atoms with E-state index in [1.54, 1.807) is 4.90 Å². The summed E-state index contributed by atoms with van der Waals surface area (Å²) in [7, 11) is 0. The van der Waals surface area contributed by atoms with Crippen LogP contribution in [0.2, 0.25) is 0 Å². The number of carboxylic acid groups (broad SMARTS) is 1. The van der Waals surface area contributed by atoms with E-state index in [4.69, 9.17) is 9.84 Å². The van der Waals surface area contributed by atoms with Crippen molar-refractivity contribution in [1.82, 2.24) is 10.2 Å². The van der Waals surface area contributed by atoms with E-state index < -0.39 is 5.97 Å². The zero-order valence-corrected chi connectivity index (χ0v) is 9.44. The average molecular weight is 230 g/mol. The molecule has 2 amide bonds. The predicted octanol–water partition coefficient (Wildman–Crippen LogP) is 0.281. The molecule has 92 valence electrons. The van der Waals surface area contributed by atoms with Crippen molar-refractivity contribution in [2.24, 2.45) is 0 Å². The van der Waals surface area contributed by atoms with Gasteiger partial charge >= 0.3 is 12.0 Å². The lowest BCUT2D eigenvalue weighted by atomic mass is 10.2. The zero-order chi connectivity index (χ0) is 12.0. The fourth-order valence-corrected chi connectivity index (χ4v) is 1.64. The van der Waals surface area contributed by atoms with E-state index in [1.807, 2.05) is 6.92 Å². The Morgan fingerprint density at radius 1 is 1.56 bits per heavy atom. The van der Waals surface area contributed by atoms with Gasteiger partial charge in [0.25, 0.3) is 0 Å². The van der Waals surface area contributed by atoms with Gasteiger partial charge in [0, 0.05) is 13.1 Å². The van der Waals surface area contributed by atoms with Crippen LogP contribution in [0.25, 0.3) is 0 Å². The van der Waals surface area contributed by atoms with E-state index in [2.05, 4.69) is 5.32 Å². The van der Waals surface area contributed by atoms with Crippen molar-refractivity contribution < 1.29 is 19.4 Å². The highest BCUT2D eigenvalue weighted by Crippen LogP contribution is 2.09. The minimum absolute atomic E-state index is 0.0487. The van der Waals surface area contributed by atoms with Crippen LogP contribution >= 0.6 is 0 Å². The summed E-state index contributed by atoms with van der Waals surface area (Å²) < 4.78 is 5.28. The Bertz CT molecular complexity index is 257. The van der Waals surface area contributed by atoms with Crippen molar-refractivity contribution in [3.8, 4) is 0 Å². The second-order valence-corrected chi connectivity index (χ2v) is 3.71. The molecule has 1 saturated heterocycles. The van der Waals surface area contributed by atoms with Crippen LogP contribution in [0.1, 0.15) is 19.8 Å². The van der Waals surface area contributed by atoms with E-state index >= 15 is 0 Å². The maximum absolute atomic E-state index is 11.7. The first-order valence-corrected chi connectivity index (χ1v) is 5.49. The number of urea groups is 1. The lowest BCUT2D eigenvalue weighted by Gasteiger charge is -2.34. The number of carboxylic acids is 1.